The van der Waals surface area contributed by atoms with Gasteiger partial charge in [-0.3, -0.25) is 0 Å². The van der Waals surface area contributed by atoms with Gasteiger partial charge >= 0.3 is 5.97 Å². The molecule has 0 saturated heterocycles. The molecule has 3 rings (SSSR count). The fraction of sp³-hybridized carbons (Fsp3) is 0.800. The lowest BCUT2D eigenvalue weighted by molar-refractivity contribution is -0.133. The van der Waals surface area contributed by atoms with Gasteiger partial charge in [-0.1, -0.05) is 26.8 Å². The zero-order valence-electron chi connectivity index (χ0n) is 11.3. The summed E-state index contributed by atoms with van der Waals surface area (Å²) in [6.45, 7) is 6.46. The highest BCUT2D eigenvalue weighted by molar-refractivity contribution is 5.88. The zero-order valence-corrected chi connectivity index (χ0v) is 11.3. The van der Waals surface area contributed by atoms with Gasteiger partial charge in [0.15, 0.2) is 0 Å². The SMILES string of the molecule is C[C@@H]1CC[C@H]2C(C(=O)O)=CC3[C@@H](O)C(C)(C)C[C@]312. The second-order valence-corrected chi connectivity index (χ2v) is 7.21. The van der Waals surface area contributed by atoms with Crippen LogP contribution in [0.5, 0.6) is 0 Å². The quantitative estimate of drug-likeness (QED) is 0.751. The molecule has 18 heavy (non-hydrogen) atoms. The van der Waals surface area contributed by atoms with Gasteiger partial charge in [0.2, 0.25) is 0 Å². The molecule has 3 nitrogen and oxygen atoms in total. The van der Waals surface area contributed by atoms with Crippen molar-refractivity contribution in [3.05, 3.63) is 11.6 Å². The molecule has 0 aromatic carbocycles. The molecule has 2 saturated carbocycles. The minimum Gasteiger partial charge on any atom is -0.478 e. The summed E-state index contributed by atoms with van der Waals surface area (Å²) < 4.78 is 0. The van der Waals surface area contributed by atoms with Crippen LogP contribution in [0, 0.1) is 28.6 Å². The third kappa shape index (κ3) is 1.21. The molecule has 0 bridgehead atoms. The van der Waals surface area contributed by atoms with Gasteiger partial charge in [0, 0.05) is 11.5 Å². The largest absolute Gasteiger partial charge is 0.478 e. The molecule has 0 aromatic heterocycles. The van der Waals surface area contributed by atoms with Gasteiger partial charge < -0.3 is 10.2 Å². The maximum absolute atomic E-state index is 11.4. The molecule has 0 aromatic rings. The first-order chi connectivity index (χ1) is 8.30. The highest BCUT2D eigenvalue weighted by Gasteiger charge is 2.67. The summed E-state index contributed by atoms with van der Waals surface area (Å²) in [5, 5.41) is 19.9. The van der Waals surface area contributed by atoms with E-state index in [1.54, 1.807) is 0 Å². The van der Waals surface area contributed by atoms with Crippen LogP contribution in [-0.4, -0.2) is 22.3 Å². The van der Waals surface area contributed by atoms with Crippen LogP contribution in [0.4, 0.5) is 0 Å². The van der Waals surface area contributed by atoms with Crippen LogP contribution in [0.25, 0.3) is 0 Å². The lowest BCUT2D eigenvalue weighted by Crippen LogP contribution is -2.33. The van der Waals surface area contributed by atoms with E-state index in [0.29, 0.717) is 11.5 Å². The van der Waals surface area contributed by atoms with Crippen molar-refractivity contribution in [2.24, 2.45) is 28.6 Å². The molecule has 0 radical (unpaired) electrons. The monoisotopic (exact) mass is 250 g/mol. The van der Waals surface area contributed by atoms with Crippen molar-refractivity contribution in [3.63, 3.8) is 0 Å². The molecule has 0 amide bonds. The third-order valence-electron chi connectivity index (χ3n) is 5.96. The normalized spacial score (nSPS) is 48.8. The minimum atomic E-state index is -0.784. The number of hydrogen-bond acceptors (Lipinski definition) is 2. The molecular weight excluding hydrogens is 228 g/mol. The maximum atomic E-state index is 11.4. The first-order valence-corrected chi connectivity index (χ1v) is 6.94. The molecule has 2 N–H and O–H groups in total. The highest BCUT2D eigenvalue weighted by atomic mass is 16.4. The van der Waals surface area contributed by atoms with Crippen molar-refractivity contribution in [2.45, 2.75) is 46.1 Å². The molecule has 100 valence electrons. The number of aliphatic carboxylic acids is 1. The summed E-state index contributed by atoms with van der Waals surface area (Å²) in [7, 11) is 0. The summed E-state index contributed by atoms with van der Waals surface area (Å²) in [5.41, 5.74) is 0.484. The number of hydrogen-bond donors (Lipinski definition) is 2. The summed E-state index contributed by atoms with van der Waals surface area (Å²) >= 11 is 0. The summed E-state index contributed by atoms with van der Waals surface area (Å²) in [4.78, 5) is 11.4. The number of rotatable bonds is 1. The Hall–Kier alpha value is -0.830. The average Bonchev–Trinajstić information content (AvgIpc) is 2.79. The number of carboxylic acid groups (broad SMARTS) is 1. The van der Waals surface area contributed by atoms with Crippen molar-refractivity contribution in [2.75, 3.05) is 0 Å². The Labute approximate surface area is 108 Å². The van der Waals surface area contributed by atoms with Crippen LogP contribution in [0.3, 0.4) is 0 Å². The molecular formula is C15H22O3. The predicted molar refractivity (Wildman–Crippen MR) is 67.9 cm³/mol. The summed E-state index contributed by atoms with van der Waals surface area (Å²) in [5.74, 6) is -0.0718. The standard InChI is InChI=1S/C15H22O3/c1-8-4-5-10-9(13(17)18)6-11-12(16)14(2,3)7-15(8,10)11/h6,8,10-12,16H,4-5,7H2,1-3H3,(H,17,18)/t8-,10+,11?,12-,15+/m1/s1. The number of carboxylic acids is 1. The fourth-order valence-electron chi connectivity index (χ4n) is 5.17. The van der Waals surface area contributed by atoms with E-state index in [4.69, 9.17) is 0 Å². The molecule has 2 fully saturated rings. The van der Waals surface area contributed by atoms with Crippen LogP contribution >= 0.6 is 0 Å². The Kier molecular flexibility index (Phi) is 2.30. The Morgan fingerprint density at radius 3 is 2.67 bits per heavy atom. The van der Waals surface area contributed by atoms with E-state index in [9.17, 15) is 15.0 Å². The van der Waals surface area contributed by atoms with Gasteiger partial charge in [-0.05, 0) is 41.9 Å². The van der Waals surface area contributed by atoms with Crippen molar-refractivity contribution in [1.82, 2.24) is 0 Å². The van der Waals surface area contributed by atoms with Crippen molar-refractivity contribution < 1.29 is 15.0 Å². The Morgan fingerprint density at radius 1 is 1.39 bits per heavy atom. The molecule has 1 unspecified atom stereocenters. The predicted octanol–water partition coefficient (Wildman–Crippen LogP) is 2.45. The molecule has 0 aliphatic heterocycles. The van der Waals surface area contributed by atoms with E-state index < -0.39 is 12.1 Å². The Balaban J connectivity index is 2.11. The van der Waals surface area contributed by atoms with E-state index in [-0.39, 0.29) is 22.7 Å². The summed E-state index contributed by atoms with van der Waals surface area (Å²) in [6, 6.07) is 0. The number of aliphatic hydroxyl groups excluding tert-OH is 1. The smallest absolute Gasteiger partial charge is 0.331 e. The Bertz CT molecular complexity index is 437. The van der Waals surface area contributed by atoms with Crippen LogP contribution in [0.15, 0.2) is 11.6 Å². The molecule has 3 aliphatic carbocycles. The second kappa shape index (κ2) is 3.38. The van der Waals surface area contributed by atoms with Gasteiger partial charge in [-0.25, -0.2) is 4.79 Å². The lowest BCUT2D eigenvalue weighted by atomic mass is 9.67. The van der Waals surface area contributed by atoms with Crippen molar-refractivity contribution >= 4 is 5.97 Å². The van der Waals surface area contributed by atoms with Crippen molar-refractivity contribution in [3.8, 4) is 0 Å². The van der Waals surface area contributed by atoms with Crippen molar-refractivity contribution in [1.29, 1.82) is 0 Å². The van der Waals surface area contributed by atoms with E-state index in [1.165, 1.54) is 0 Å². The minimum absolute atomic E-state index is 0.0106. The summed E-state index contributed by atoms with van der Waals surface area (Å²) in [6.07, 6.45) is 4.48. The van der Waals surface area contributed by atoms with Gasteiger partial charge in [0.05, 0.1) is 6.10 Å². The third-order valence-corrected chi connectivity index (χ3v) is 5.96. The molecule has 5 atom stereocenters. The van der Waals surface area contributed by atoms with Crippen LogP contribution in [0.1, 0.15) is 40.0 Å². The van der Waals surface area contributed by atoms with Crippen LogP contribution < -0.4 is 0 Å². The molecule has 0 heterocycles. The van der Waals surface area contributed by atoms with E-state index >= 15 is 0 Å². The molecule has 3 aliphatic rings. The number of carbonyl (C=O) groups is 1. The van der Waals surface area contributed by atoms with E-state index in [0.717, 1.165) is 19.3 Å². The average molecular weight is 250 g/mol. The van der Waals surface area contributed by atoms with Gasteiger partial charge in [-0.15, -0.1) is 0 Å². The number of aliphatic hydroxyl groups is 1. The first-order valence-electron chi connectivity index (χ1n) is 6.94. The maximum Gasteiger partial charge on any atom is 0.331 e. The molecule has 1 spiro atoms. The van der Waals surface area contributed by atoms with Gasteiger partial charge in [0.1, 0.15) is 0 Å². The lowest BCUT2D eigenvalue weighted by Gasteiger charge is -2.36. The van der Waals surface area contributed by atoms with Crippen LogP contribution in [-0.2, 0) is 4.79 Å². The fourth-order valence-corrected chi connectivity index (χ4v) is 5.17. The highest BCUT2D eigenvalue weighted by Crippen LogP contribution is 2.70. The van der Waals surface area contributed by atoms with Gasteiger partial charge in [-0.2, -0.15) is 0 Å². The second-order valence-electron chi connectivity index (χ2n) is 7.21. The van der Waals surface area contributed by atoms with Crippen LogP contribution in [0.2, 0.25) is 0 Å². The first kappa shape index (κ1) is 12.2. The van der Waals surface area contributed by atoms with E-state index in [2.05, 4.69) is 20.8 Å². The Morgan fingerprint density at radius 2 is 2.06 bits per heavy atom. The van der Waals surface area contributed by atoms with E-state index in [1.807, 2.05) is 6.08 Å². The molecule has 3 heteroatoms. The topological polar surface area (TPSA) is 57.5 Å². The zero-order chi connectivity index (χ0) is 13.3. The van der Waals surface area contributed by atoms with Gasteiger partial charge in [0.25, 0.3) is 0 Å².